The second-order valence-electron chi connectivity index (χ2n) is 6.86. The molecule has 4 rings (SSSR count). The Kier molecular flexibility index (Phi) is 4.39. The molecule has 2 unspecified atom stereocenters. The minimum atomic E-state index is -0.257. The molecule has 1 saturated heterocycles. The molecular weight excluding hydrogens is 336 g/mol. The molecule has 0 amide bonds. The van der Waals surface area contributed by atoms with Crippen LogP contribution < -0.4 is 0 Å². The van der Waals surface area contributed by atoms with Gasteiger partial charge in [0.1, 0.15) is 11.1 Å². The van der Waals surface area contributed by atoms with E-state index in [1.807, 2.05) is 6.07 Å². The van der Waals surface area contributed by atoms with Crippen LogP contribution in [0.25, 0.3) is 0 Å². The van der Waals surface area contributed by atoms with Gasteiger partial charge in [0.2, 0.25) is 0 Å². The van der Waals surface area contributed by atoms with Crippen molar-refractivity contribution in [1.82, 2.24) is 19.7 Å². The van der Waals surface area contributed by atoms with E-state index in [9.17, 15) is 9.90 Å². The van der Waals surface area contributed by atoms with Gasteiger partial charge in [0.15, 0.2) is 5.16 Å². The highest BCUT2D eigenvalue weighted by Crippen LogP contribution is 2.41. The van der Waals surface area contributed by atoms with E-state index in [0.29, 0.717) is 11.0 Å². The molecule has 1 fully saturated rings. The lowest BCUT2D eigenvalue weighted by Gasteiger charge is -2.38. The topological polar surface area (TPSA) is 71.2 Å². The number of carbonyl (C=O) groups excluding carboxylic acids is 1. The zero-order valence-electron chi connectivity index (χ0n) is 14.4. The van der Waals surface area contributed by atoms with Crippen LogP contribution in [0.15, 0.2) is 29.4 Å². The number of fused-ring (bicyclic) bond motifs is 1. The van der Waals surface area contributed by atoms with E-state index >= 15 is 0 Å². The Labute approximate surface area is 151 Å². The molecule has 2 atom stereocenters. The van der Waals surface area contributed by atoms with Crippen molar-refractivity contribution in [3.63, 3.8) is 0 Å². The molecule has 3 heterocycles. The van der Waals surface area contributed by atoms with E-state index in [2.05, 4.69) is 40.1 Å². The molecule has 132 valence electrons. The maximum atomic E-state index is 13.0. The molecule has 2 aliphatic rings. The Morgan fingerprint density at radius 1 is 1.28 bits per heavy atom. The van der Waals surface area contributed by atoms with Crippen LogP contribution in [0.1, 0.15) is 40.6 Å². The summed E-state index contributed by atoms with van der Waals surface area (Å²) in [6.45, 7) is 5.45. The van der Waals surface area contributed by atoms with Crippen LogP contribution in [0.4, 0.5) is 0 Å². The van der Waals surface area contributed by atoms with Crippen molar-refractivity contribution in [3.8, 4) is 0 Å². The fourth-order valence-corrected chi connectivity index (χ4v) is 5.00. The smallest absolute Gasteiger partial charge is 0.264 e. The summed E-state index contributed by atoms with van der Waals surface area (Å²) >= 11 is 1.50. The zero-order chi connectivity index (χ0) is 17.6. The van der Waals surface area contributed by atoms with E-state index in [0.717, 1.165) is 31.5 Å². The molecule has 0 saturated carbocycles. The first kappa shape index (κ1) is 16.8. The first-order valence-electron chi connectivity index (χ1n) is 8.66. The summed E-state index contributed by atoms with van der Waals surface area (Å²) in [6.07, 6.45) is 1.26. The summed E-state index contributed by atoms with van der Waals surface area (Å²) in [7, 11) is 0. The van der Waals surface area contributed by atoms with Crippen LogP contribution in [0.3, 0.4) is 0 Å². The minimum Gasteiger partial charge on any atom is -0.393 e. The summed E-state index contributed by atoms with van der Waals surface area (Å²) in [5.41, 5.74) is 2.33. The number of aliphatic hydroxyl groups is 1. The fraction of sp³-hybridized carbons (Fsp3) is 0.500. The normalized spacial score (nSPS) is 23.0. The quantitative estimate of drug-likeness (QED) is 0.907. The molecule has 25 heavy (non-hydrogen) atoms. The second-order valence-corrected chi connectivity index (χ2v) is 7.96. The van der Waals surface area contributed by atoms with Gasteiger partial charge in [-0.25, -0.2) is 4.98 Å². The number of rotatable bonds is 3. The zero-order valence-corrected chi connectivity index (χ0v) is 15.2. The Morgan fingerprint density at radius 2 is 2.04 bits per heavy atom. The number of aliphatic hydroxyl groups excluding tert-OH is 1. The Balaban J connectivity index is 1.68. The summed E-state index contributed by atoms with van der Waals surface area (Å²) < 4.78 is 1.45. The van der Waals surface area contributed by atoms with E-state index in [1.165, 1.54) is 22.0 Å². The van der Waals surface area contributed by atoms with Crippen molar-refractivity contribution in [3.05, 3.63) is 41.2 Å². The van der Waals surface area contributed by atoms with Gasteiger partial charge in [-0.05, 0) is 32.3 Å². The first-order chi connectivity index (χ1) is 12.0. The largest absolute Gasteiger partial charge is 0.393 e. The number of hydrogen-bond donors (Lipinski definition) is 1. The number of likely N-dealkylation sites (tertiary alicyclic amines) is 1. The van der Waals surface area contributed by atoms with Crippen LogP contribution >= 0.6 is 11.8 Å². The van der Waals surface area contributed by atoms with Crippen molar-refractivity contribution in [2.45, 2.75) is 49.2 Å². The molecule has 2 aromatic rings. The first-order valence-corrected chi connectivity index (χ1v) is 9.54. The van der Waals surface area contributed by atoms with Crippen LogP contribution in [-0.2, 0) is 0 Å². The standard InChI is InChI=1S/C18H22N4O2S/c1-11-4-3-5-13(10-11)15(21-8-6-14(23)7-9-21)16-17(24)22-18(25-16)19-12(2)20-22/h3-5,10,14-16,23H,6-9H2,1-2H3. The average molecular weight is 358 g/mol. The molecule has 0 spiro atoms. The lowest BCUT2D eigenvalue weighted by molar-refractivity contribution is 0.0551. The third kappa shape index (κ3) is 3.12. The minimum absolute atomic E-state index is 0.00164. The van der Waals surface area contributed by atoms with Gasteiger partial charge in [-0.15, -0.1) is 5.10 Å². The average Bonchev–Trinajstić information content (AvgIpc) is 3.08. The Bertz CT molecular complexity index is 798. The molecule has 0 radical (unpaired) electrons. The van der Waals surface area contributed by atoms with Crippen LogP contribution in [0.2, 0.25) is 0 Å². The second kappa shape index (κ2) is 6.55. The number of benzene rings is 1. The summed E-state index contributed by atoms with van der Waals surface area (Å²) in [5, 5.41) is 14.5. The molecule has 2 aliphatic heterocycles. The van der Waals surface area contributed by atoms with Gasteiger partial charge in [0.25, 0.3) is 5.91 Å². The lowest BCUT2D eigenvalue weighted by Crippen LogP contribution is -2.44. The fourth-order valence-electron chi connectivity index (χ4n) is 3.69. The lowest BCUT2D eigenvalue weighted by atomic mass is 9.96. The van der Waals surface area contributed by atoms with Crippen molar-refractivity contribution < 1.29 is 9.90 Å². The number of thioether (sulfide) groups is 1. The van der Waals surface area contributed by atoms with Crippen molar-refractivity contribution in [2.75, 3.05) is 13.1 Å². The molecular formula is C18H22N4O2S. The molecule has 0 aliphatic carbocycles. The van der Waals surface area contributed by atoms with E-state index in [1.54, 1.807) is 6.92 Å². The summed E-state index contributed by atoms with van der Waals surface area (Å²) in [5.74, 6) is 0.626. The number of aromatic nitrogens is 3. The molecule has 7 heteroatoms. The van der Waals surface area contributed by atoms with Gasteiger partial charge in [-0.2, -0.15) is 4.68 Å². The van der Waals surface area contributed by atoms with E-state index < -0.39 is 0 Å². The molecule has 0 bridgehead atoms. The number of carbonyl (C=O) groups is 1. The van der Waals surface area contributed by atoms with E-state index in [4.69, 9.17) is 0 Å². The predicted molar refractivity (Wildman–Crippen MR) is 95.8 cm³/mol. The van der Waals surface area contributed by atoms with Crippen molar-refractivity contribution >= 4 is 17.7 Å². The van der Waals surface area contributed by atoms with Crippen LogP contribution in [0.5, 0.6) is 0 Å². The number of piperidine rings is 1. The summed E-state index contributed by atoms with van der Waals surface area (Å²) in [4.78, 5) is 19.7. The van der Waals surface area contributed by atoms with E-state index in [-0.39, 0.29) is 23.3 Å². The van der Waals surface area contributed by atoms with Gasteiger partial charge in [0, 0.05) is 13.1 Å². The van der Waals surface area contributed by atoms with Gasteiger partial charge in [0.05, 0.1) is 12.1 Å². The molecule has 1 aromatic heterocycles. The highest BCUT2D eigenvalue weighted by atomic mass is 32.2. The molecule has 1 aromatic carbocycles. The highest BCUT2D eigenvalue weighted by molar-refractivity contribution is 8.00. The Morgan fingerprint density at radius 3 is 2.72 bits per heavy atom. The van der Waals surface area contributed by atoms with Crippen molar-refractivity contribution in [1.29, 1.82) is 0 Å². The summed E-state index contributed by atoms with van der Waals surface area (Å²) in [6, 6.07) is 8.33. The predicted octanol–water partition coefficient (Wildman–Crippen LogP) is 2.21. The number of hydrogen-bond acceptors (Lipinski definition) is 6. The third-order valence-electron chi connectivity index (χ3n) is 4.93. The monoisotopic (exact) mass is 358 g/mol. The van der Waals surface area contributed by atoms with Gasteiger partial charge in [-0.3, -0.25) is 9.69 Å². The van der Waals surface area contributed by atoms with Gasteiger partial charge in [-0.1, -0.05) is 41.6 Å². The van der Waals surface area contributed by atoms with Crippen LogP contribution in [-0.4, -0.2) is 55.1 Å². The van der Waals surface area contributed by atoms with Crippen molar-refractivity contribution in [2.24, 2.45) is 0 Å². The maximum Gasteiger partial charge on any atom is 0.264 e. The SMILES string of the molecule is Cc1cccc(C(C2Sc3nc(C)nn3C2=O)N2CCC(O)CC2)c1. The number of aryl methyl sites for hydroxylation is 2. The van der Waals surface area contributed by atoms with Crippen LogP contribution in [0, 0.1) is 13.8 Å². The Hall–Kier alpha value is -1.70. The maximum absolute atomic E-state index is 13.0. The third-order valence-corrected chi connectivity index (χ3v) is 6.12. The van der Waals surface area contributed by atoms with Gasteiger partial charge >= 0.3 is 0 Å². The molecule has 1 N–H and O–H groups in total. The highest BCUT2D eigenvalue weighted by Gasteiger charge is 2.43. The van der Waals surface area contributed by atoms with Gasteiger partial charge < -0.3 is 5.11 Å². The molecule has 6 nitrogen and oxygen atoms in total. The number of nitrogens with zero attached hydrogens (tertiary/aromatic N) is 4.